The Bertz CT molecular complexity index is 706. The molecule has 0 saturated carbocycles. The molecular weight excluding hydrogens is 360 g/mol. The van der Waals surface area contributed by atoms with Crippen molar-refractivity contribution in [2.75, 3.05) is 11.9 Å². The lowest BCUT2D eigenvalue weighted by Gasteiger charge is -2.19. The minimum atomic E-state index is -0.537. The molecular formula is C17H20N2O4S2. The summed E-state index contributed by atoms with van der Waals surface area (Å²) in [4.78, 5) is 38.2. The molecule has 1 fully saturated rings. The lowest BCUT2D eigenvalue weighted by atomic mass is 10.1. The lowest BCUT2D eigenvalue weighted by Crippen LogP contribution is -2.37. The Balaban J connectivity index is 2.06. The smallest absolute Gasteiger partial charge is 0.340 e. The second-order valence-electron chi connectivity index (χ2n) is 5.69. The number of para-hydroxylation sites is 1. The van der Waals surface area contributed by atoms with Crippen LogP contribution < -0.4 is 5.32 Å². The summed E-state index contributed by atoms with van der Waals surface area (Å²) in [5.41, 5.74) is 0.645. The number of benzene rings is 1. The number of carbonyl (C=O) groups excluding carboxylic acids is 3. The number of carbonyl (C=O) groups is 3. The number of nitrogens with one attached hydrogen (secondary N) is 1. The predicted molar refractivity (Wildman–Crippen MR) is 102 cm³/mol. The summed E-state index contributed by atoms with van der Waals surface area (Å²) in [6.07, 6.45) is -0.00990. The third-order valence-corrected chi connectivity index (χ3v) is 5.07. The van der Waals surface area contributed by atoms with E-state index >= 15 is 0 Å². The second-order valence-corrected chi connectivity index (χ2v) is 7.53. The van der Waals surface area contributed by atoms with Crippen LogP contribution in [0.4, 0.5) is 5.69 Å². The maximum atomic E-state index is 12.4. The molecule has 1 aliphatic rings. The van der Waals surface area contributed by atoms with Crippen molar-refractivity contribution >= 4 is 51.8 Å². The molecule has 2 amide bonds. The average molecular weight is 380 g/mol. The summed E-state index contributed by atoms with van der Waals surface area (Å²) < 4.78 is 5.47. The fourth-order valence-corrected chi connectivity index (χ4v) is 4.17. The van der Waals surface area contributed by atoms with Crippen molar-refractivity contribution in [3.8, 4) is 0 Å². The number of ether oxygens (including phenoxy) is 1. The summed E-state index contributed by atoms with van der Waals surface area (Å²) in [7, 11) is 0. The number of thiocarbonyl (C=S) groups is 1. The minimum absolute atomic E-state index is 0.00990. The van der Waals surface area contributed by atoms with Gasteiger partial charge in [0.2, 0.25) is 11.8 Å². The third-order valence-electron chi connectivity index (χ3n) is 3.54. The Kier molecular flexibility index (Phi) is 6.55. The maximum absolute atomic E-state index is 12.4. The normalized spacial score (nSPS) is 17.1. The second kappa shape index (κ2) is 8.44. The molecule has 1 heterocycles. The number of nitrogens with zero attached hydrogens (tertiary/aromatic N) is 1. The van der Waals surface area contributed by atoms with E-state index in [9.17, 15) is 14.4 Å². The molecule has 1 aromatic carbocycles. The third kappa shape index (κ3) is 4.58. The first-order valence-corrected chi connectivity index (χ1v) is 9.23. The van der Waals surface area contributed by atoms with Gasteiger partial charge in [-0.15, -0.1) is 0 Å². The van der Waals surface area contributed by atoms with Crippen molar-refractivity contribution in [3.05, 3.63) is 29.8 Å². The highest BCUT2D eigenvalue weighted by molar-refractivity contribution is 8.24. The van der Waals surface area contributed by atoms with Crippen molar-refractivity contribution in [3.63, 3.8) is 0 Å². The Morgan fingerprint density at radius 2 is 2.04 bits per heavy atom. The average Bonchev–Trinajstić information content (AvgIpc) is 2.81. The van der Waals surface area contributed by atoms with Gasteiger partial charge in [-0.3, -0.25) is 14.5 Å². The highest BCUT2D eigenvalue weighted by atomic mass is 32.2. The molecule has 6 nitrogen and oxygen atoms in total. The number of thioether (sulfide) groups is 1. The molecule has 1 N–H and O–H groups in total. The van der Waals surface area contributed by atoms with Crippen molar-refractivity contribution in [2.24, 2.45) is 0 Å². The van der Waals surface area contributed by atoms with E-state index in [1.165, 1.54) is 16.7 Å². The highest BCUT2D eigenvalue weighted by Gasteiger charge is 2.39. The zero-order valence-corrected chi connectivity index (χ0v) is 15.9. The molecule has 0 radical (unpaired) electrons. The number of hydrogen-bond donors (Lipinski definition) is 1. The molecule has 0 bridgehead atoms. The molecule has 1 unspecified atom stereocenters. The van der Waals surface area contributed by atoms with Crippen LogP contribution in [-0.2, 0) is 14.3 Å². The first-order valence-electron chi connectivity index (χ1n) is 7.94. The summed E-state index contributed by atoms with van der Waals surface area (Å²) in [6.45, 7) is 5.72. The Hall–Kier alpha value is -1.93. The topological polar surface area (TPSA) is 75.7 Å². The van der Waals surface area contributed by atoms with E-state index in [0.29, 0.717) is 10.0 Å². The Morgan fingerprint density at radius 1 is 1.36 bits per heavy atom. The van der Waals surface area contributed by atoms with E-state index in [0.717, 1.165) is 0 Å². The van der Waals surface area contributed by atoms with Crippen LogP contribution in [-0.4, -0.2) is 44.9 Å². The molecule has 0 aliphatic carbocycles. The standard InChI is InChI=1S/C17H20N2O4S2/c1-4-23-16(22)11-7-5-6-8-12(11)18-14(20)9-13-15(21)19(10(2)3)17(24)25-13/h5-8,10,13H,4,9H2,1-3H3,(H,18,20). The fourth-order valence-electron chi connectivity index (χ4n) is 2.42. The summed E-state index contributed by atoms with van der Waals surface area (Å²) in [5.74, 6) is -1.01. The van der Waals surface area contributed by atoms with Crippen LogP contribution in [0.15, 0.2) is 24.3 Å². The SMILES string of the molecule is CCOC(=O)c1ccccc1NC(=O)CC1SC(=S)N(C(C)C)C1=O. The van der Waals surface area contributed by atoms with Gasteiger partial charge in [-0.05, 0) is 32.9 Å². The fraction of sp³-hybridized carbons (Fsp3) is 0.412. The predicted octanol–water partition coefficient (Wildman–Crippen LogP) is 2.83. The summed E-state index contributed by atoms with van der Waals surface area (Å²) in [5, 5.41) is 2.15. The molecule has 25 heavy (non-hydrogen) atoms. The molecule has 1 atom stereocenters. The summed E-state index contributed by atoms with van der Waals surface area (Å²) in [6, 6.07) is 6.57. The zero-order valence-electron chi connectivity index (χ0n) is 14.3. The number of rotatable bonds is 6. The highest BCUT2D eigenvalue weighted by Crippen LogP contribution is 2.31. The van der Waals surface area contributed by atoms with E-state index in [4.69, 9.17) is 17.0 Å². The van der Waals surface area contributed by atoms with E-state index < -0.39 is 11.2 Å². The van der Waals surface area contributed by atoms with Crippen molar-refractivity contribution in [1.29, 1.82) is 0 Å². The number of amides is 2. The van der Waals surface area contributed by atoms with Crippen molar-refractivity contribution < 1.29 is 19.1 Å². The van der Waals surface area contributed by atoms with Gasteiger partial charge in [-0.2, -0.15) is 0 Å². The van der Waals surface area contributed by atoms with Crippen LogP contribution in [0.25, 0.3) is 0 Å². The maximum Gasteiger partial charge on any atom is 0.340 e. The zero-order chi connectivity index (χ0) is 18.6. The van der Waals surface area contributed by atoms with Gasteiger partial charge in [0.1, 0.15) is 4.32 Å². The van der Waals surface area contributed by atoms with Gasteiger partial charge < -0.3 is 10.1 Å². The van der Waals surface area contributed by atoms with Gasteiger partial charge in [0, 0.05) is 12.5 Å². The number of esters is 1. The van der Waals surface area contributed by atoms with E-state index in [1.807, 2.05) is 13.8 Å². The number of anilines is 1. The monoisotopic (exact) mass is 380 g/mol. The van der Waals surface area contributed by atoms with Crippen LogP contribution in [0.5, 0.6) is 0 Å². The van der Waals surface area contributed by atoms with Crippen LogP contribution in [0.1, 0.15) is 37.6 Å². The molecule has 0 aromatic heterocycles. The first kappa shape index (κ1) is 19.4. The van der Waals surface area contributed by atoms with Crippen molar-refractivity contribution in [1.82, 2.24) is 4.90 Å². The van der Waals surface area contributed by atoms with Gasteiger partial charge in [0.05, 0.1) is 23.1 Å². The lowest BCUT2D eigenvalue weighted by molar-refractivity contribution is -0.129. The van der Waals surface area contributed by atoms with E-state index in [2.05, 4.69) is 5.32 Å². The molecule has 1 aromatic rings. The van der Waals surface area contributed by atoms with Crippen molar-refractivity contribution in [2.45, 2.75) is 38.5 Å². The number of hydrogen-bond acceptors (Lipinski definition) is 6. The van der Waals surface area contributed by atoms with Crippen LogP contribution in [0, 0.1) is 0 Å². The minimum Gasteiger partial charge on any atom is -0.462 e. The van der Waals surface area contributed by atoms with Crippen LogP contribution in [0.2, 0.25) is 0 Å². The molecule has 134 valence electrons. The largest absolute Gasteiger partial charge is 0.462 e. The molecule has 0 spiro atoms. The van der Waals surface area contributed by atoms with Gasteiger partial charge in [0.25, 0.3) is 0 Å². The Morgan fingerprint density at radius 3 is 2.64 bits per heavy atom. The first-order chi connectivity index (χ1) is 11.8. The van der Waals surface area contributed by atoms with Gasteiger partial charge >= 0.3 is 5.97 Å². The van der Waals surface area contributed by atoms with Gasteiger partial charge in [0.15, 0.2) is 0 Å². The van der Waals surface area contributed by atoms with Gasteiger partial charge in [-0.25, -0.2) is 4.79 Å². The Labute approximate surface area is 156 Å². The molecule has 1 saturated heterocycles. The molecule has 1 aliphatic heterocycles. The van der Waals surface area contributed by atoms with E-state index in [1.54, 1.807) is 31.2 Å². The molecule has 8 heteroatoms. The van der Waals surface area contributed by atoms with Gasteiger partial charge in [-0.1, -0.05) is 36.1 Å². The summed E-state index contributed by atoms with van der Waals surface area (Å²) >= 11 is 6.44. The molecule has 2 rings (SSSR count). The van der Waals surface area contributed by atoms with E-state index in [-0.39, 0.29) is 36.4 Å². The van der Waals surface area contributed by atoms with Crippen LogP contribution in [0.3, 0.4) is 0 Å². The van der Waals surface area contributed by atoms with Crippen LogP contribution >= 0.6 is 24.0 Å². The quantitative estimate of drug-likeness (QED) is 0.604.